The molecule has 1 fully saturated rings. The van der Waals surface area contributed by atoms with Crippen LogP contribution in [0.3, 0.4) is 0 Å². The standard InChI is InChI=1S/C21H26N4O2S/c1-13(2)18(20(26)25-11-7-6-8-14(25)3)28-21-24-23-19(27-21)16-12-22-17-10-5-4-9-15(16)17/h4-5,9-10,12-14,18,22H,6-8,11H2,1-3H3/t14-,18-/m1/s1. The maximum atomic E-state index is 13.2. The van der Waals surface area contributed by atoms with Crippen LogP contribution in [0.5, 0.6) is 0 Å². The number of aromatic nitrogens is 3. The Hall–Kier alpha value is -2.28. The van der Waals surface area contributed by atoms with Gasteiger partial charge in [0, 0.05) is 29.7 Å². The summed E-state index contributed by atoms with van der Waals surface area (Å²) < 4.78 is 5.93. The normalized spacial score (nSPS) is 18.7. The molecule has 2 atom stereocenters. The lowest BCUT2D eigenvalue weighted by molar-refractivity contribution is -0.134. The van der Waals surface area contributed by atoms with Crippen LogP contribution in [-0.2, 0) is 4.79 Å². The number of carbonyl (C=O) groups excluding carboxylic acids is 1. The van der Waals surface area contributed by atoms with E-state index in [4.69, 9.17) is 4.42 Å². The molecule has 6 nitrogen and oxygen atoms in total. The fraction of sp³-hybridized carbons (Fsp3) is 0.476. The molecule has 4 rings (SSSR count). The maximum absolute atomic E-state index is 13.2. The molecule has 0 aliphatic carbocycles. The maximum Gasteiger partial charge on any atom is 0.277 e. The monoisotopic (exact) mass is 398 g/mol. The van der Waals surface area contributed by atoms with Crippen molar-refractivity contribution in [1.29, 1.82) is 0 Å². The van der Waals surface area contributed by atoms with Crippen LogP contribution in [-0.4, -0.2) is 43.8 Å². The molecular weight excluding hydrogens is 372 g/mol. The first-order valence-electron chi connectivity index (χ1n) is 9.91. The third kappa shape index (κ3) is 3.68. The van der Waals surface area contributed by atoms with E-state index >= 15 is 0 Å². The highest BCUT2D eigenvalue weighted by Gasteiger charge is 2.33. The first-order chi connectivity index (χ1) is 13.5. The molecule has 0 radical (unpaired) electrons. The first-order valence-corrected chi connectivity index (χ1v) is 10.8. The molecule has 0 unspecified atom stereocenters. The zero-order chi connectivity index (χ0) is 19.7. The molecule has 1 aliphatic heterocycles. The van der Waals surface area contributed by atoms with E-state index in [0.717, 1.165) is 35.9 Å². The lowest BCUT2D eigenvalue weighted by Gasteiger charge is -2.36. The molecule has 28 heavy (non-hydrogen) atoms. The molecule has 148 valence electrons. The van der Waals surface area contributed by atoms with Crippen LogP contribution in [0.15, 0.2) is 40.1 Å². The van der Waals surface area contributed by atoms with Crippen LogP contribution in [0.4, 0.5) is 0 Å². The van der Waals surface area contributed by atoms with Crippen molar-refractivity contribution in [3.63, 3.8) is 0 Å². The Morgan fingerprint density at radius 1 is 1.29 bits per heavy atom. The molecular formula is C21H26N4O2S. The topological polar surface area (TPSA) is 75.0 Å². The molecule has 1 aromatic carbocycles. The van der Waals surface area contributed by atoms with Gasteiger partial charge in [0.15, 0.2) is 0 Å². The molecule has 0 spiro atoms. The highest BCUT2D eigenvalue weighted by atomic mass is 32.2. The van der Waals surface area contributed by atoms with Crippen molar-refractivity contribution in [3.05, 3.63) is 30.5 Å². The van der Waals surface area contributed by atoms with Gasteiger partial charge in [-0.1, -0.05) is 43.8 Å². The van der Waals surface area contributed by atoms with E-state index in [9.17, 15) is 4.79 Å². The summed E-state index contributed by atoms with van der Waals surface area (Å²) in [4.78, 5) is 18.4. The van der Waals surface area contributed by atoms with Gasteiger partial charge in [0.25, 0.3) is 11.1 Å². The van der Waals surface area contributed by atoms with E-state index in [2.05, 4.69) is 36.0 Å². The fourth-order valence-electron chi connectivity index (χ4n) is 3.78. The second-order valence-electron chi connectivity index (χ2n) is 7.78. The number of H-pyrrole nitrogens is 1. The number of piperidine rings is 1. The molecule has 1 saturated heterocycles. The van der Waals surface area contributed by atoms with Crippen LogP contribution in [0.1, 0.15) is 40.0 Å². The second kappa shape index (κ2) is 7.99. The molecule has 1 N–H and O–H groups in total. The van der Waals surface area contributed by atoms with Gasteiger partial charge >= 0.3 is 0 Å². The largest absolute Gasteiger partial charge is 0.411 e. The van der Waals surface area contributed by atoms with E-state index in [1.165, 1.54) is 18.2 Å². The SMILES string of the molecule is CC(C)[C@@H](Sc1nnc(-c2c[nH]c3ccccc23)o1)C(=O)N1CCCC[C@H]1C. The zero-order valence-electron chi connectivity index (χ0n) is 16.5. The molecule has 0 saturated carbocycles. The number of para-hydroxylation sites is 1. The number of rotatable bonds is 5. The molecule has 1 amide bonds. The lowest BCUT2D eigenvalue weighted by Crippen LogP contribution is -2.47. The Kier molecular flexibility index (Phi) is 5.44. The number of carbonyl (C=O) groups is 1. The number of nitrogens with one attached hydrogen (secondary N) is 1. The van der Waals surface area contributed by atoms with E-state index in [-0.39, 0.29) is 17.1 Å². The summed E-state index contributed by atoms with van der Waals surface area (Å²) in [7, 11) is 0. The van der Waals surface area contributed by atoms with Crippen molar-refractivity contribution in [2.75, 3.05) is 6.54 Å². The predicted octanol–water partition coefficient (Wildman–Crippen LogP) is 4.74. The summed E-state index contributed by atoms with van der Waals surface area (Å²) >= 11 is 1.38. The quantitative estimate of drug-likeness (QED) is 0.629. The van der Waals surface area contributed by atoms with E-state index in [0.29, 0.717) is 17.2 Å². The summed E-state index contributed by atoms with van der Waals surface area (Å²) in [6.45, 7) is 7.12. The van der Waals surface area contributed by atoms with Crippen LogP contribution >= 0.6 is 11.8 Å². The number of nitrogens with zero attached hydrogens (tertiary/aromatic N) is 3. The fourth-order valence-corrected chi connectivity index (χ4v) is 4.72. The van der Waals surface area contributed by atoms with Gasteiger partial charge in [0.2, 0.25) is 5.91 Å². The Bertz CT molecular complexity index is 964. The number of aromatic amines is 1. The Morgan fingerprint density at radius 3 is 2.89 bits per heavy atom. The first kappa shape index (κ1) is 19.1. The van der Waals surface area contributed by atoms with Gasteiger partial charge in [-0.15, -0.1) is 10.2 Å². The number of hydrogen-bond donors (Lipinski definition) is 1. The summed E-state index contributed by atoms with van der Waals surface area (Å²) in [5, 5.41) is 9.69. The Labute approximate surface area is 169 Å². The van der Waals surface area contributed by atoms with Crippen LogP contribution in [0.2, 0.25) is 0 Å². The smallest absolute Gasteiger partial charge is 0.277 e. The lowest BCUT2D eigenvalue weighted by atomic mass is 10.0. The molecule has 3 aromatic rings. The van der Waals surface area contributed by atoms with E-state index in [1.807, 2.05) is 35.4 Å². The van der Waals surface area contributed by atoms with Gasteiger partial charge in [-0.2, -0.15) is 0 Å². The number of likely N-dealkylation sites (tertiary alicyclic amines) is 1. The average molecular weight is 399 g/mol. The minimum Gasteiger partial charge on any atom is -0.411 e. The van der Waals surface area contributed by atoms with Crippen molar-refractivity contribution in [1.82, 2.24) is 20.1 Å². The summed E-state index contributed by atoms with van der Waals surface area (Å²) in [5.74, 6) is 0.829. The number of hydrogen-bond acceptors (Lipinski definition) is 5. The minimum absolute atomic E-state index is 0.176. The van der Waals surface area contributed by atoms with Crippen LogP contribution in [0.25, 0.3) is 22.4 Å². The van der Waals surface area contributed by atoms with Crippen LogP contribution < -0.4 is 0 Å². The average Bonchev–Trinajstić information content (AvgIpc) is 3.32. The number of thioether (sulfide) groups is 1. The molecule has 2 aromatic heterocycles. The van der Waals surface area contributed by atoms with Crippen molar-refractivity contribution >= 4 is 28.6 Å². The Balaban J connectivity index is 1.55. The van der Waals surface area contributed by atoms with Gasteiger partial charge in [-0.25, -0.2) is 0 Å². The zero-order valence-corrected chi connectivity index (χ0v) is 17.3. The van der Waals surface area contributed by atoms with Gasteiger partial charge in [0.1, 0.15) is 0 Å². The van der Waals surface area contributed by atoms with Gasteiger partial charge in [-0.05, 0) is 38.2 Å². The van der Waals surface area contributed by atoms with Crippen molar-refractivity contribution in [2.45, 2.75) is 56.5 Å². The van der Waals surface area contributed by atoms with Crippen molar-refractivity contribution < 1.29 is 9.21 Å². The van der Waals surface area contributed by atoms with E-state index < -0.39 is 0 Å². The van der Waals surface area contributed by atoms with Crippen molar-refractivity contribution in [2.24, 2.45) is 5.92 Å². The van der Waals surface area contributed by atoms with E-state index in [1.54, 1.807) is 0 Å². The number of benzene rings is 1. The summed E-state index contributed by atoms with van der Waals surface area (Å²) in [6.07, 6.45) is 5.23. The predicted molar refractivity (Wildman–Crippen MR) is 111 cm³/mol. The molecule has 3 heterocycles. The highest BCUT2D eigenvalue weighted by Crippen LogP contribution is 2.34. The van der Waals surface area contributed by atoms with Gasteiger partial charge < -0.3 is 14.3 Å². The summed E-state index contributed by atoms with van der Waals surface area (Å²) in [5.41, 5.74) is 1.91. The Morgan fingerprint density at radius 2 is 2.11 bits per heavy atom. The van der Waals surface area contributed by atoms with Gasteiger partial charge in [0.05, 0.1) is 10.8 Å². The second-order valence-corrected chi connectivity index (χ2v) is 8.87. The van der Waals surface area contributed by atoms with Gasteiger partial charge in [-0.3, -0.25) is 4.79 Å². The van der Waals surface area contributed by atoms with Crippen LogP contribution in [0, 0.1) is 5.92 Å². The highest BCUT2D eigenvalue weighted by molar-refractivity contribution is 8.00. The number of amides is 1. The number of fused-ring (bicyclic) bond motifs is 1. The third-order valence-electron chi connectivity index (χ3n) is 5.39. The summed E-state index contributed by atoms with van der Waals surface area (Å²) in [6, 6.07) is 8.30. The van der Waals surface area contributed by atoms with Crippen molar-refractivity contribution in [3.8, 4) is 11.5 Å². The molecule has 1 aliphatic rings. The molecule has 0 bridgehead atoms. The molecule has 7 heteroatoms. The minimum atomic E-state index is -0.225. The third-order valence-corrected chi connectivity index (χ3v) is 6.76.